The van der Waals surface area contributed by atoms with Crippen LogP contribution in [-0.2, 0) is 0 Å². The fourth-order valence-corrected chi connectivity index (χ4v) is 1.99. The van der Waals surface area contributed by atoms with E-state index < -0.39 is 0 Å². The summed E-state index contributed by atoms with van der Waals surface area (Å²) in [6.07, 6.45) is 5.44. The number of benzene rings is 1. The van der Waals surface area contributed by atoms with Crippen LogP contribution in [0.1, 0.15) is 0 Å². The zero-order chi connectivity index (χ0) is 14.5. The molecule has 0 saturated carbocycles. The van der Waals surface area contributed by atoms with Crippen LogP contribution >= 0.6 is 0 Å². The van der Waals surface area contributed by atoms with Gasteiger partial charge >= 0.3 is 0 Å². The molecule has 0 bridgehead atoms. The van der Waals surface area contributed by atoms with E-state index in [1.165, 1.54) is 0 Å². The number of nitrogens with zero attached hydrogens (tertiary/aromatic N) is 3. The maximum atomic E-state index is 8.73. The van der Waals surface area contributed by atoms with E-state index in [1.807, 2.05) is 48.7 Å². The van der Waals surface area contributed by atoms with Gasteiger partial charge in [-0.3, -0.25) is 4.98 Å². The van der Waals surface area contributed by atoms with Crippen molar-refractivity contribution in [2.45, 2.75) is 0 Å². The zero-order valence-corrected chi connectivity index (χ0v) is 11.4. The first-order valence-electron chi connectivity index (χ1n) is 6.67. The minimum atomic E-state index is 0.00930. The van der Waals surface area contributed by atoms with E-state index in [1.54, 1.807) is 17.1 Å². The quantitative estimate of drug-likeness (QED) is 0.779. The van der Waals surface area contributed by atoms with E-state index in [-0.39, 0.29) is 6.61 Å². The van der Waals surface area contributed by atoms with Gasteiger partial charge in [0.15, 0.2) is 0 Å². The molecular weight excluding hydrogens is 266 g/mol. The fourth-order valence-electron chi connectivity index (χ4n) is 1.99. The molecule has 106 valence electrons. The third kappa shape index (κ3) is 3.09. The Morgan fingerprint density at radius 2 is 1.95 bits per heavy atom. The summed E-state index contributed by atoms with van der Waals surface area (Å²) in [6, 6.07) is 13.4. The lowest BCUT2D eigenvalue weighted by Gasteiger charge is -2.05. The summed E-state index contributed by atoms with van der Waals surface area (Å²) in [6.45, 7) is 0.307. The van der Waals surface area contributed by atoms with Crippen LogP contribution in [0, 0.1) is 0 Å². The predicted molar refractivity (Wildman–Crippen MR) is 79.4 cm³/mol. The average Bonchev–Trinajstić information content (AvgIpc) is 3.04. The summed E-state index contributed by atoms with van der Waals surface area (Å²) in [7, 11) is 0. The monoisotopic (exact) mass is 281 g/mol. The molecule has 3 rings (SSSR count). The fraction of sp³-hybridized carbons (Fsp3) is 0.125. The molecule has 0 aliphatic heterocycles. The van der Waals surface area contributed by atoms with Crippen LogP contribution in [0.5, 0.6) is 5.75 Å². The Bertz CT molecular complexity index is 693. The number of ether oxygens (including phenoxy) is 1. The van der Waals surface area contributed by atoms with E-state index in [9.17, 15) is 0 Å². The maximum Gasteiger partial charge on any atom is 0.119 e. The van der Waals surface area contributed by atoms with Crippen LogP contribution in [0.4, 0.5) is 0 Å². The normalized spacial score (nSPS) is 10.5. The van der Waals surface area contributed by atoms with Crippen molar-refractivity contribution in [3.8, 4) is 22.7 Å². The van der Waals surface area contributed by atoms with Crippen LogP contribution < -0.4 is 4.74 Å². The van der Waals surface area contributed by atoms with Gasteiger partial charge in [-0.1, -0.05) is 0 Å². The Morgan fingerprint density at radius 3 is 2.67 bits per heavy atom. The Morgan fingerprint density at radius 1 is 1.10 bits per heavy atom. The topological polar surface area (TPSA) is 60.2 Å². The molecule has 2 aromatic heterocycles. The van der Waals surface area contributed by atoms with Gasteiger partial charge in [-0.2, -0.15) is 5.10 Å². The molecule has 0 amide bonds. The highest BCUT2D eigenvalue weighted by Crippen LogP contribution is 2.19. The lowest BCUT2D eigenvalue weighted by atomic mass is 10.2. The summed E-state index contributed by atoms with van der Waals surface area (Å²) in [5.74, 6) is 0.729. The van der Waals surface area contributed by atoms with Gasteiger partial charge in [0.1, 0.15) is 12.4 Å². The summed E-state index contributed by atoms with van der Waals surface area (Å²) in [4.78, 5) is 4.10. The van der Waals surface area contributed by atoms with Gasteiger partial charge in [-0.05, 0) is 42.5 Å². The van der Waals surface area contributed by atoms with E-state index in [0.29, 0.717) is 6.61 Å². The zero-order valence-electron chi connectivity index (χ0n) is 11.4. The molecule has 0 spiro atoms. The number of aliphatic hydroxyl groups excluding tert-OH is 1. The maximum absolute atomic E-state index is 8.73. The summed E-state index contributed by atoms with van der Waals surface area (Å²) < 4.78 is 7.14. The van der Waals surface area contributed by atoms with Crippen molar-refractivity contribution >= 4 is 0 Å². The number of hydrogen-bond donors (Lipinski definition) is 1. The lowest BCUT2D eigenvalue weighted by Crippen LogP contribution is -2.01. The standard InChI is InChI=1S/C16H15N3O2/c20-10-11-21-15-5-3-14(4-6-15)19-9-7-16(18-19)13-2-1-8-17-12-13/h1-9,12,20H,10-11H2. The highest BCUT2D eigenvalue weighted by Gasteiger charge is 2.04. The first-order valence-corrected chi connectivity index (χ1v) is 6.67. The highest BCUT2D eigenvalue weighted by molar-refractivity contribution is 5.57. The second kappa shape index (κ2) is 6.19. The molecule has 0 radical (unpaired) electrons. The van der Waals surface area contributed by atoms with Gasteiger partial charge in [0, 0.05) is 24.2 Å². The number of hydrogen-bond acceptors (Lipinski definition) is 4. The first kappa shape index (κ1) is 13.3. The van der Waals surface area contributed by atoms with Crippen LogP contribution in [0.2, 0.25) is 0 Å². The van der Waals surface area contributed by atoms with Crippen molar-refractivity contribution in [2.24, 2.45) is 0 Å². The minimum absolute atomic E-state index is 0.00930. The van der Waals surface area contributed by atoms with Gasteiger partial charge < -0.3 is 9.84 Å². The van der Waals surface area contributed by atoms with Gasteiger partial charge in [-0.25, -0.2) is 4.68 Å². The van der Waals surface area contributed by atoms with Crippen molar-refractivity contribution in [3.05, 3.63) is 61.1 Å². The van der Waals surface area contributed by atoms with E-state index in [4.69, 9.17) is 9.84 Å². The highest BCUT2D eigenvalue weighted by atomic mass is 16.5. The molecule has 0 saturated heterocycles. The molecule has 3 aromatic rings. The Labute approximate surface area is 122 Å². The van der Waals surface area contributed by atoms with E-state index in [0.717, 1.165) is 22.7 Å². The molecule has 5 heteroatoms. The minimum Gasteiger partial charge on any atom is -0.491 e. The van der Waals surface area contributed by atoms with Crippen molar-refractivity contribution in [1.29, 1.82) is 0 Å². The predicted octanol–water partition coefficient (Wildman–Crippen LogP) is 2.31. The van der Waals surface area contributed by atoms with Crippen molar-refractivity contribution in [1.82, 2.24) is 14.8 Å². The molecule has 0 aliphatic carbocycles. The Balaban J connectivity index is 1.80. The molecule has 0 unspecified atom stereocenters. The largest absolute Gasteiger partial charge is 0.491 e. The SMILES string of the molecule is OCCOc1ccc(-n2ccc(-c3cccnc3)n2)cc1. The number of rotatable bonds is 5. The van der Waals surface area contributed by atoms with Gasteiger partial charge in [-0.15, -0.1) is 0 Å². The second-order valence-electron chi connectivity index (χ2n) is 4.45. The van der Waals surface area contributed by atoms with E-state index >= 15 is 0 Å². The molecular formula is C16H15N3O2. The van der Waals surface area contributed by atoms with E-state index in [2.05, 4.69) is 10.1 Å². The second-order valence-corrected chi connectivity index (χ2v) is 4.45. The molecule has 0 aliphatic rings. The molecule has 0 fully saturated rings. The molecule has 21 heavy (non-hydrogen) atoms. The van der Waals surface area contributed by atoms with Crippen LogP contribution in [-0.4, -0.2) is 33.1 Å². The number of pyridine rings is 1. The smallest absolute Gasteiger partial charge is 0.119 e. The number of aromatic nitrogens is 3. The third-order valence-corrected chi connectivity index (χ3v) is 3.01. The number of aliphatic hydroxyl groups is 1. The lowest BCUT2D eigenvalue weighted by molar-refractivity contribution is 0.201. The van der Waals surface area contributed by atoms with Crippen molar-refractivity contribution in [2.75, 3.05) is 13.2 Å². The summed E-state index contributed by atoms with van der Waals surface area (Å²) in [5, 5.41) is 13.3. The van der Waals surface area contributed by atoms with Crippen LogP contribution in [0.25, 0.3) is 16.9 Å². The summed E-state index contributed by atoms with van der Waals surface area (Å²) >= 11 is 0. The molecule has 0 atom stereocenters. The third-order valence-electron chi connectivity index (χ3n) is 3.01. The first-order chi connectivity index (χ1) is 10.4. The molecule has 5 nitrogen and oxygen atoms in total. The van der Waals surface area contributed by atoms with Crippen molar-refractivity contribution in [3.63, 3.8) is 0 Å². The Hall–Kier alpha value is -2.66. The summed E-state index contributed by atoms with van der Waals surface area (Å²) in [5.41, 5.74) is 2.81. The van der Waals surface area contributed by atoms with Gasteiger partial charge in [0.05, 0.1) is 18.0 Å². The van der Waals surface area contributed by atoms with Gasteiger partial charge in [0.2, 0.25) is 0 Å². The molecule has 1 aromatic carbocycles. The average molecular weight is 281 g/mol. The van der Waals surface area contributed by atoms with Gasteiger partial charge in [0.25, 0.3) is 0 Å². The van der Waals surface area contributed by atoms with Crippen LogP contribution in [0.3, 0.4) is 0 Å². The van der Waals surface area contributed by atoms with Crippen molar-refractivity contribution < 1.29 is 9.84 Å². The Kier molecular flexibility index (Phi) is 3.93. The molecule has 2 heterocycles. The molecule has 1 N–H and O–H groups in total. The van der Waals surface area contributed by atoms with Crippen LogP contribution in [0.15, 0.2) is 61.1 Å².